The van der Waals surface area contributed by atoms with Crippen LogP contribution in [0.25, 0.3) is 0 Å². The lowest BCUT2D eigenvalue weighted by Crippen LogP contribution is -2.30. The topological polar surface area (TPSA) is 76.1 Å². The van der Waals surface area contributed by atoms with E-state index in [9.17, 15) is 14.7 Å². The van der Waals surface area contributed by atoms with Gasteiger partial charge in [0.05, 0.1) is 36.8 Å². The van der Waals surface area contributed by atoms with E-state index >= 15 is 0 Å². The highest BCUT2D eigenvalue weighted by Crippen LogP contribution is 2.41. The molecule has 6 nitrogen and oxygen atoms in total. The van der Waals surface area contributed by atoms with Crippen molar-refractivity contribution in [1.82, 2.24) is 4.90 Å². The van der Waals surface area contributed by atoms with Gasteiger partial charge in [-0.1, -0.05) is 36.4 Å². The number of ether oxygens (including phenoxy) is 2. The Kier molecular flexibility index (Phi) is 6.28. The van der Waals surface area contributed by atoms with Crippen LogP contribution in [0.2, 0.25) is 0 Å². The summed E-state index contributed by atoms with van der Waals surface area (Å²) >= 11 is 1.27. The first kappa shape index (κ1) is 21.6. The van der Waals surface area contributed by atoms with Crippen LogP contribution < -0.4 is 9.47 Å². The molecule has 4 rings (SSSR count). The minimum absolute atomic E-state index is 0.0704. The van der Waals surface area contributed by atoms with Crippen molar-refractivity contribution in [2.75, 3.05) is 13.7 Å². The minimum Gasteiger partial charge on any atom is -0.503 e. The first-order valence-corrected chi connectivity index (χ1v) is 11.1. The third-order valence-electron chi connectivity index (χ3n) is 5.31. The molecule has 2 heterocycles. The zero-order chi connectivity index (χ0) is 22.7. The Hall–Kier alpha value is -3.58. The summed E-state index contributed by atoms with van der Waals surface area (Å²) in [6, 6.07) is 17.3. The maximum Gasteiger partial charge on any atom is 0.290 e. The molecular weight excluding hydrogens is 426 g/mol. The number of hydrogen-bond donors (Lipinski definition) is 1. The highest BCUT2D eigenvalue weighted by atomic mass is 32.1. The number of ketones is 1. The van der Waals surface area contributed by atoms with Gasteiger partial charge in [-0.25, -0.2) is 0 Å². The lowest BCUT2D eigenvalue weighted by molar-refractivity contribution is -0.130. The quantitative estimate of drug-likeness (QED) is 0.493. The first-order valence-electron chi connectivity index (χ1n) is 10.2. The van der Waals surface area contributed by atoms with Gasteiger partial charge in [0, 0.05) is 5.56 Å². The van der Waals surface area contributed by atoms with E-state index in [-0.39, 0.29) is 17.9 Å². The molecule has 0 bridgehead atoms. The number of thiophene rings is 1. The number of hydrogen-bond acceptors (Lipinski definition) is 6. The van der Waals surface area contributed by atoms with Gasteiger partial charge in [-0.05, 0) is 42.1 Å². The van der Waals surface area contributed by atoms with Crippen LogP contribution >= 0.6 is 11.3 Å². The molecular formula is C25H23NO5S. The molecule has 1 amide bonds. The molecule has 1 aliphatic heterocycles. The largest absolute Gasteiger partial charge is 0.503 e. The maximum atomic E-state index is 13.3. The molecule has 1 aliphatic rings. The number of para-hydroxylation sites is 1. The van der Waals surface area contributed by atoms with E-state index < -0.39 is 17.7 Å². The Morgan fingerprint density at radius 1 is 1.12 bits per heavy atom. The van der Waals surface area contributed by atoms with Crippen LogP contribution in [0.3, 0.4) is 0 Å². The summed E-state index contributed by atoms with van der Waals surface area (Å²) in [4.78, 5) is 28.5. The average Bonchev–Trinajstić information content (AvgIpc) is 3.43. The molecule has 0 saturated heterocycles. The van der Waals surface area contributed by atoms with Crippen LogP contribution in [-0.4, -0.2) is 35.4 Å². The van der Waals surface area contributed by atoms with Gasteiger partial charge in [0.15, 0.2) is 5.76 Å². The molecule has 7 heteroatoms. The number of carbonyl (C=O) groups is 2. The van der Waals surface area contributed by atoms with Gasteiger partial charge in [0.25, 0.3) is 5.91 Å². The molecule has 0 saturated carbocycles. The van der Waals surface area contributed by atoms with Gasteiger partial charge in [-0.3, -0.25) is 9.59 Å². The highest BCUT2D eigenvalue weighted by Gasteiger charge is 2.44. The van der Waals surface area contributed by atoms with Crippen LogP contribution in [0.5, 0.6) is 11.5 Å². The van der Waals surface area contributed by atoms with E-state index in [1.807, 2.05) is 49.4 Å². The summed E-state index contributed by atoms with van der Waals surface area (Å²) in [7, 11) is 1.56. The number of rotatable bonds is 8. The third kappa shape index (κ3) is 3.99. The van der Waals surface area contributed by atoms with Crippen LogP contribution in [0.15, 0.2) is 77.4 Å². The van der Waals surface area contributed by atoms with Crippen LogP contribution in [0.1, 0.15) is 33.8 Å². The lowest BCUT2D eigenvalue weighted by atomic mass is 9.95. The van der Waals surface area contributed by atoms with Crippen molar-refractivity contribution in [2.24, 2.45) is 0 Å². The Labute approximate surface area is 190 Å². The van der Waals surface area contributed by atoms with Gasteiger partial charge >= 0.3 is 0 Å². The average molecular weight is 450 g/mol. The summed E-state index contributed by atoms with van der Waals surface area (Å²) in [6.07, 6.45) is 0. The number of carbonyl (C=O) groups excluding carboxylic acids is 2. The molecule has 1 atom stereocenters. The summed E-state index contributed by atoms with van der Waals surface area (Å²) in [6.45, 7) is 2.54. The van der Waals surface area contributed by atoms with E-state index in [1.165, 1.54) is 16.2 Å². The zero-order valence-corrected chi connectivity index (χ0v) is 18.6. The van der Waals surface area contributed by atoms with Crippen molar-refractivity contribution in [1.29, 1.82) is 0 Å². The predicted molar refractivity (Wildman–Crippen MR) is 122 cm³/mol. The van der Waals surface area contributed by atoms with Gasteiger partial charge in [-0.15, -0.1) is 11.3 Å². The van der Waals surface area contributed by atoms with Crippen LogP contribution in [0.4, 0.5) is 0 Å². The van der Waals surface area contributed by atoms with Gasteiger partial charge in [0.1, 0.15) is 11.5 Å². The second kappa shape index (κ2) is 9.28. The van der Waals surface area contributed by atoms with Crippen LogP contribution in [0, 0.1) is 0 Å². The molecule has 0 radical (unpaired) electrons. The molecule has 0 aliphatic carbocycles. The van der Waals surface area contributed by atoms with E-state index in [4.69, 9.17) is 9.47 Å². The SMILES string of the molecule is CCOc1cccc(C2C(C(=O)c3cccs3)=C(O)C(=O)N2Cc2ccccc2OC)c1. The number of aliphatic hydroxyl groups is 1. The summed E-state index contributed by atoms with van der Waals surface area (Å²) in [5.74, 6) is -0.225. The van der Waals surface area contributed by atoms with E-state index in [1.54, 1.807) is 30.7 Å². The summed E-state index contributed by atoms with van der Waals surface area (Å²) in [5, 5.41) is 12.6. The lowest BCUT2D eigenvalue weighted by Gasteiger charge is -2.27. The second-order valence-electron chi connectivity index (χ2n) is 7.22. The van der Waals surface area contributed by atoms with Crippen molar-refractivity contribution in [3.63, 3.8) is 0 Å². The molecule has 32 heavy (non-hydrogen) atoms. The van der Waals surface area contributed by atoms with Gasteiger partial charge in [-0.2, -0.15) is 0 Å². The first-order chi connectivity index (χ1) is 15.5. The monoisotopic (exact) mass is 449 g/mol. The molecule has 1 N–H and O–H groups in total. The van der Waals surface area contributed by atoms with E-state index in [0.717, 1.165) is 5.56 Å². The fraction of sp³-hybridized carbons (Fsp3) is 0.200. The fourth-order valence-electron chi connectivity index (χ4n) is 3.89. The molecule has 3 aromatic rings. The second-order valence-corrected chi connectivity index (χ2v) is 8.17. The van der Waals surface area contributed by atoms with Crippen molar-refractivity contribution < 1.29 is 24.2 Å². The Bertz CT molecular complexity index is 1170. The number of Topliss-reactive ketones (excluding diaryl/α,β-unsaturated/α-hetero) is 1. The maximum absolute atomic E-state index is 13.3. The number of aliphatic hydroxyl groups excluding tert-OH is 1. The number of benzene rings is 2. The fourth-order valence-corrected chi connectivity index (χ4v) is 4.57. The van der Waals surface area contributed by atoms with E-state index in [2.05, 4.69) is 0 Å². The predicted octanol–water partition coefficient (Wildman–Crippen LogP) is 4.93. The van der Waals surface area contributed by atoms with Crippen molar-refractivity contribution >= 4 is 23.0 Å². The van der Waals surface area contributed by atoms with Crippen molar-refractivity contribution in [2.45, 2.75) is 19.5 Å². The normalized spacial score (nSPS) is 15.9. The smallest absolute Gasteiger partial charge is 0.290 e. The third-order valence-corrected chi connectivity index (χ3v) is 6.18. The Morgan fingerprint density at radius 3 is 2.66 bits per heavy atom. The molecule has 0 fully saturated rings. The Morgan fingerprint density at radius 2 is 1.94 bits per heavy atom. The minimum atomic E-state index is -0.762. The molecule has 0 spiro atoms. The molecule has 164 valence electrons. The zero-order valence-electron chi connectivity index (χ0n) is 17.8. The Balaban J connectivity index is 1.81. The van der Waals surface area contributed by atoms with E-state index in [0.29, 0.717) is 28.5 Å². The molecule has 2 aromatic carbocycles. The van der Waals surface area contributed by atoms with Gasteiger partial charge in [0.2, 0.25) is 5.78 Å². The van der Waals surface area contributed by atoms with Gasteiger partial charge < -0.3 is 19.5 Å². The molecule has 1 aromatic heterocycles. The molecule has 1 unspecified atom stereocenters. The van der Waals surface area contributed by atoms with Crippen LogP contribution in [-0.2, 0) is 11.3 Å². The standard InChI is InChI=1S/C25H23NO5S/c1-3-31-18-10-6-9-16(14-18)22-21(23(27)20-12-7-13-32-20)24(28)25(29)26(22)15-17-8-4-5-11-19(17)30-2/h4-14,22,28H,3,15H2,1-2H3. The number of nitrogens with zero attached hydrogens (tertiary/aromatic N) is 1. The number of methoxy groups -OCH3 is 1. The summed E-state index contributed by atoms with van der Waals surface area (Å²) < 4.78 is 11.1. The van der Waals surface area contributed by atoms with Crippen molar-refractivity contribution in [3.8, 4) is 11.5 Å². The van der Waals surface area contributed by atoms with Crippen molar-refractivity contribution in [3.05, 3.63) is 93.4 Å². The highest BCUT2D eigenvalue weighted by molar-refractivity contribution is 7.12. The number of amides is 1. The summed E-state index contributed by atoms with van der Waals surface area (Å²) in [5.41, 5.74) is 1.52.